The van der Waals surface area contributed by atoms with Gasteiger partial charge in [-0.1, -0.05) is 48.5 Å². The van der Waals surface area contributed by atoms with E-state index in [0.29, 0.717) is 11.1 Å². The molecule has 26 heavy (non-hydrogen) atoms. The van der Waals surface area contributed by atoms with E-state index in [2.05, 4.69) is 0 Å². The van der Waals surface area contributed by atoms with E-state index in [-0.39, 0.29) is 11.6 Å². The van der Waals surface area contributed by atoms with Crippen LogP contribution in [0.15, 0.2) is 72.3 Å². The van der Waals surface area contributed by atoms with Crippen molar-refractivity contribution in [3.63, 3.8) is 0 Å². The highest BCUT2D eigenvalue weighted by atomic mass is 19.1. The van der Waals surface area contributed by atoms with Crippen LogP contribution in [0.5, 0.6) is 5.75 Å². The SMILES string of the molecule is Cc1ccc2c(c1)O[C@@H](c1ccc(F)cc1)C1=C2c2ccccc2C1=O. The van der Waals surface area contributed by atoms with Crippen LogP contribution >= 0.6 is 0 Å². The van der Waals surface area contributed by atoms with Crippen LogP contribution in [0.3, 0.4) is 0 Å². The Kier molecular flexibility index (Phi) is 3.13. The van der Waals surface area contributed by atoms with Crippen LogP contribution in [0.4, 0.5) is 4.39 Å². The number of hydrogen-bond donors (Lipinski definition) is 0. The molecule has 5 rings (SSSR count). The number of halogens is 1. The van der Waals surface area contributed by atoms with Crippen LogP contribution < -0.4 is 4.74 Å². The lowest BCUT2D eigenvalue weighted by atomic mass is 9.89. The second-order valence-electron chi connectivity index (χ2n) is 6.71. The summed E-state index contributed by atoms with van der Waals surface area (Å²) >= 11 is 0. The first-order chi connectivity index (χ1) is 12.6. The van der Waals surface area contributed by atoms with Gasteiger partial charge >= 0.3 is 0 Å². The van der Waals surface area contributed by atoms with Gasteiger partial charge in [0.25, 0.3) is 0 Å². The van der Waals surface area contributed by atoms with Gasteiger partial charge in [-0.2, -0.15) is 0 Å². The zero-order chi connectivity index (χ0) is 17.8. The molecule has 0 unspecified atom stereocenters. The number of carbonyl (C=O) groups is 1. The van der Waals surface area contributed by atoms with Crippen LogP contribution in [0.1, 0.15) is 38.7 Å². The van der Waals surface area contributed by atoms with Crippen molar-refractivity contribution >= 4 is 11.4 Å². The quantitative estimate of drug-likeness (QED) is 0.602. The summed E-state index contributed by atoms with van der Waals surface area (Å²) in [6, 6.07) is 19.8. The molecule has 1 aliphatic carbocycles. The first-order valence-electron chi connectivity index (χ1n) is 8.55. The normalized spacial score (nSPS) is 17.5. The van der Waals surface area contributed by atoms with E-state index in [0.717, 1.165) is 33.6 Å². The predicted molar refractivity (Wildman–Crippen MR) is 97.7 cm³/mol. The number of fused-ring (bicyclic) bond motifs is 4. The van der Waals surface area contributed by atoms with Gasteiger partial charge in [0.2, 0.25) is 0 Å². The Hall–Kier alpha value is -3.20. The largest absolute Gasteiger partial charge is 0.480 e. The fourth-order valence-electron chi connectivity index (χ4n) is 3.83. The molecule has 0 saturated heterocycles. The molecule has 0 saturated carbocycles. The molecule has 0 N–H and O–H groups in total. The van der Waals surface area contributed by atoms with E-state index in [1.807, 2.05) is 49.4 Å². The van der Waals surface area contributed by atoms with Crippen LogP contribution in [0.25, 0.3) is 5.57 Å². The molecular formula is C23H15FO2. The summed E-state index contributed by atoms with van der Waals surface area (Å²) in [4.78, 5) is 13.1. The van der Waals surface area contributed by atoms with Crippen molar-refractivity contribution in [2.24, 2.45) is 0 Å². The summed E-state index contributed by atoms with van der Waals surface area (Å²) in [6.07, 6.45) is -0.542. The fraction of sp³-hybridized carbons (Fsp3) is 0.0870. The van der Waals surface area contributed by atoms with E-state index >= 15 is 0 Å². The minimum absolute atomic E-state index is 0.0175. The van der Waals surface area contributed by atoms with E-state index in [4.69, 9.17) is 4.74 Å². The number of hydrogen-bond acceptors (Lipinski definition) is 2. The molecule has 0 amide bonds. The lowest BCUT2D eigenvalue weighted by Crippen LogP contribution is -2.19. The maximum atomic E-state index is 13.4. The Balaban J connectivity index is 1.79. The first kappa shape index (κ1) is 15.1. The number of carbonyl (C=O) groups excluding carboxylic acids is 1. The molecule has 3 heteroatoms. The molecule has 0 bridgehead atoms. The van der Waals surface area contributed by atoms with E-state index in [9.17, 15) is 9.18 Å². The van der Waals surface area contributed by atoms with Gasteiger partial charge in [-0.15, -0.1) is 0 Å². The number of benzene rings is 3. The fourth-order valence-corrected chi connectivity index (χ4v) is 3.83. The molecule has 0 spiro atoms. The van der Waals surface area contributed by atoms with E-state index in [1.165, 1.54) is 12.1 Å². The highest BCUT2D eigenvalue weighted by molar-refractivity contribution is 6.24. The molecule has 3 aromatic carbocycles. The predicted octanol–water partition coefficient (Wildman–Crippen LogP) is 5.27. The van der Waals surface area contributed by atoms with Crippen molar-refractivity contribution in [3.8, 4) is 5.75 Å². The molecule has 126 valence electrons. The van der Waals surface area contributed by atoms with Gasteiger partial charge in [0.1, 0.15) is 11.6 Å². The summed E-state index contributed by atoms with van der Waals surface area (Å²) in [5.41, 5.74) is 5.99. The van der Waals surface area contributed by atoms with Gasteiger partial charge in [0.15, 0.2) is 11.9 Å². The Morgan fingerprint density at radius 3 is 2.38 bits per heavy atom. The lowest BCUT2D eigenvalue weighted by Gasteiger charge is -2.28. The van der Waals surface area contributed by atoms with Crippen molar-refractivity contribution in [2.75, 3.05) is 0 Å². The monoisotopic (exact) mass is 342 g/mol. The molecule has 0 fully saturated rings. The number of ketones is 1. The Bertz CT molecular complexity index is 1090. The summed E-state index contributed by atoms with van der Waals surface area (Å²) in [6.45, 7) is 2.01. The molecule has 1 atom stereocenters. The van der Waals surface area contributed by atoms with Crippen LogP contribution in [0.2, 0.25) is 0 Å². The van der Waals surface area contributed by atoms with E-state index in [1.54, 1.807) is 12.1 Å². The van der Waals surface area contributed by atoms with Crippen LogP contribution in [-0.4, -0.2) is 5.78 Å². The number of aryl methyl sites for hydroxylation is 1. The maximum Gasteiger partial charge on any atom is 0.194 e. The standard InChI is InChI=1S/C23H15FO2/c1-13-6-11-18-19(12-13)26-23(14-7-9-15(24)10-8-14)21-20(18)16-4-2-3-5-17(16)22(21)25/h2-12,23H,1H3/t23-/m0/s1. The van der Waals surface area contributed by atoms with Crippen molar-refractivity contribution in [1.29, 1.82) is 0 Å². The second kappa shape index (κ2) is 5.40. The second-order valence-corrected chi connectivity index (χ2v) is 6.71. The minimum Gasteiger partial charge on any atom is -0.480 e. The molecule has 1 heterocycles. The van der Waals surface area contributed by atoms with Crippen LogP contribution in [-0.2, 0) is 0 Å². The van der Waals surface area contributed by atoms with Gasteiger partial charge in [-0.25, -0.2) is 4.39 Å². The number of Topliss-reactive ketones (excluding diaryl/α,β-unsaturated/α-hetero) is 1. The van der Waals surface area contributed by atoms with Gasteiger partial charge < -0.3 is 4.74 Å². The zero-order valence-corrected chi connectivity index (χ0v) is 14.1. The third-order valence-electron chi connectivity index (χ3n) is 5.04. The first-order valence-corrected chi connectivity index (χ1v) is 8.55. The summed E-state index contributed by atoms with van der Waals surface area (Å²) in [5, 5.41) is 0. The molecule has 2 aliphatic rings. The van der Waals surface area contributed by atoms with Gasteiger partial charge in [-0.05, 0) is 41.8 Å². The zero-order valence-electron chi connectivity index (χ0n) is 14.1. The molecule has 0 radical (unpaired) electrons. The Morgan fingerprint density at radius 1 is 0.885 bits per heavy atom. The van der Waals surface area contributed by atoms with Gasteiger partial charge in [0.05, 0.1) is 5.57 Å². The highest BCUT2D eigenvalue weighted by Crippen LogP contribution is 2.50. The lowest BCUT2D eigenvalue weighted by molar-refractivity contribution is 0.1000. The Morgan fingerprint density at radius 2 is 1.62 bits per heavy atom. The molecule has 2 nitrogen and oxygen atoms in total. The van der Waals surface area contributed by atoms with E-state index < -0.39 is 6.10 Å². The van der Waals surface area contributed by atoms with Crippen molar-refractivity contribution in [2.45, 2.75) is 13.0 Å². The molecule has 3 aromatic rings. The van der Waals surface area contributed by atoms with Gasteiger partial charge in [-0.3, -0.25) is 4.79 Å². The minimum atomic E-state index is -0.542. The smallest absolute Gasteiger partial charge is 0.194 e. The summed E-state index contributed by atoms with van der Waals surface area (Å²) in [7, 11) is 0. The third-order valence-corrected chi connectivity index (χ3v) is 5.04. The summed E-state index contributed by atoms with van der Waals surface area (Å²) < 4.78 is 19.6. The molecular weight excluding hydrogens is 327 g/mol. The highest BCUT2D eigenvalue weighted by Gasteiger charge is 2.40. The summed E-state index contributed by atoms with van der Waals surface area (Å²) in [5.74, 6) is 0.426. The number of rotatable bonds is 1. The molecule has 0 aromatic heterocycles. The van der Waals surface area contributed by atoms with Crippen LogP contribution in [0, 0.1) is 12.7 Å². The Labute approximate surface area is 150 Å². The number of ether oxygens (including phenoxy) is 1. The van der Waals surface area contributed by atoms with Gasteiger partial charge in [0, 0.05) is 16.7 Å². The van der Waals surface area contributed by atoms with Crippen molar-refractivity contribution < 1.29 is 13.9 Å². The third kappa shape index (κ3) is 2.07. The maximum absolute atomic E-state index is 13.4. The van der Waals surface area contributed by atoms with Crippen molar-refractivity contribution in [1.82, 2.24) is 0 Å². The van der Waals surface area contributed by atoms with Crippen molar-refractivity contribution in [3.05, 3.63) is 106 Å². The topological polar surface area (TPSA) is 26.3 Å². The average Bonchev–Trinajstić information content (AvgIpc) is 2.95. The average molecular weight is 342 g/mol. The molecule has 1 aliphatic heterocycles.